The van der Waals surface area contributed by atoms with Gasteiger partial charge in [-0.05, 0) is 73.4 Å². The maximum Gasteiger partial charge on any atom is 0.160 e. The SMILES string of the molecule is c1ccc(-c2nc(-c3ccc4c(c3)c3ccccc3c3cc5sc6ccccc6c5cc43)nc3ccc4ccccc4c23)cc1. The fourth-order valence-corrected chi connectivity index (χ4v) is 8.28. The number of hydrogen-bond donors (Lipinski definition) is 0. The first-order valence-electron chi connectivity index (χ1n) is 15.2. The Morgan fingerprint density at radius 3 is 1.89 bits per heavy atom. The van der Waals surface area contributed by atoms with Crippen LogP contribution in [0.15, 0.2) is 146 Å². The molecule has 0 saturated heterocycles. The lowest BCUT2D eigenvalue weighted by atomic mass is 9.92. The molecule has 0 unspecified atom stereocenters. The monoisotopic (exact) mass is 588 g/mol. The second-order valence-electron chi connectivity index (χ2n) is 11.7. The Bertz CT molecular complexity index is 2810. The van der Waals surface area contributed by atoms with E-state index in [1.54, 1.807) is 0 Å². The molecule has 8 aromatic carbocycles. The molecule has 2 aromatic heterocycles. The number of thiophene rings is 1. The van der Waals surface area contributed by atoms with Crippen molar-refractivity contribution >= 4 is 85.5 Å². The minimum atomic E-state index is 0.738. The second kappa shape index (κ2) is 9.43. The van der Waals surface area contributed by atoms with Gasteiger partial charge < -0.3 is 0 Å². The van der Waals surface area contributed by atoms with Gasteiger partial charge in [0.15, 0.2) is 5.82 Å². The number of aromatic nitrogens is 2. The Morgan fingerprint density at radius 1 is 0.378 bits per heavy atom. The zero-order valence-corrected chi connectivity index (χ0v) is 25.0. The number of hydrogen-bond acceptors (Lipinski definition) is 3. The minimum Gasteiger partial charge on any atom is -0.228 e. The molecular formula is C42H24N2S. The van der Waals surface area contributed by atoms with Crippen LogP contribution in [-0.4, -0.2) is 9.97 Å². The van der Waals surface area contributed by atoms with Gasteiger partial charge in [-0.15, -0.1) is 11.3 Å². The lowest BCUT2D eigenvalue weighted by Crippen LogP contribution is -1.96. The van der Waals surface area contributed by atoms with Crippen LogP contribution in [0.1, 0.15) is 0 Å². The fourth-order valence-electron chi connectivity index (χ4n) is 7.15. The third-order valence-corrected chi connectivity index (χ3v) is 10.4. The van der Waals surface area contributed by atoms with Gasteiger partial charge in [0.25, 0.3) is 0 Å². The van der Waals surface area contributed by atoms with Crippen molar-refractivity contribution in [3.8, 4) is 22.6 Å². The van der Waals surface area contributed by atoms with Crippen molar-refractivity contribution in [2.24, 2.45) is 0 Å². The predicted octanol–water partition coefficient (Wildman–Crippen LogP) is 11.9. The molecule has 0 aliphatic carbocycles. The van der Waals surface area contributed by atoms with E-state index in [1.807, 2.05) is 11.3 Å². The van der Waals surface area contributed by atoms with Gasteiger partial charge in [-0.1, -0.05) is 115 Å². The summed E-state index contributed by atoms with van der Waals surface area (Å²) in [7, 11) is 0. The summed E-state index contributed by atoms with van der Waals surface area (Å²) in [6.45, 7) is 0. The van der Waals surface area contributed by atoms with Gasteiger partial charge in [0.1, 0.15) is 0 Å². The minimum absolute atomic E-state index is 0.738. The summed E-state index contributed by atoms with van der Waals surface area (Å²) >= 11 is 1.87. The number of benzene rings is 8. The van der Waals surface area contributed by atoms with E-state index in [0.29, 0.717) is 0 Å². The standard InChI is InChI=1S/C42H24N2S/c1-2-11-26(12-3-1)41-40-28-13-5-4-10-25(28)19-21-37(40)43-42(44-41)27-18-20-31-33(22-27)29-14-6-7-15-30(29)35-24-39-36(23-34(31)35)32-16-8-9-17-38(32)45-39/h1-24H. The van der Waals surface area contributed by atoms with Crippen LogP contribution in [0.2, 0.25) is 0 Å². The number of fused-ring (bicyclic) bond motifs is 12. The second-order valence-corrected chi connectivity index (χ2v) is 12.8. The highest BCUT2D eigenvalue weighted by Gasteiger charge is 2.17. The van der Waals surface area contributed by atoms with Crippen LogP contribution in [0.5, 0.6) is 0 Å². The van der Waals surface area contributed by atoms with E-state index in [-0.39, 0.29) is 0 Å². The fraction of sp³-hybridized carbons (Fsp3) is 0. The Balaban J connectivity index is 1.28. The van der Waals surface area contributed by atoms with Crippen molar-refractivity contribution < 1.29 is 0 Å². The van der Waals surface area contributed by atoms with Crippen LogP contribution in [0.4, 0.5) is 0 Å². The summed E-state index contributed by atoms with van der Waals surface area (Å²) in [6.07, 6.45) is 0. The van der Waals surface area contributed by atoms with Gasteiger partial charge in [0.05, 0.1) is 11.2 Å². The van der Waals surface area contributed by atoms with Crippen LogP contribution in [0.3, 0.4) is 0 Å². The topological polar surface area (TPSA) is 25.8 Å². The normalized spacial score (nSPS) is 12.0. The van der Waals surface area contributed by atoms with Crippen LogP contribution >= 0.6 is 11.3 Å². The van der Waals surface area contributed by atoms with Crippen molar-refractivity contribution in [2.75, 3.05) is 0 Å². The molecule has 0 bridgehead atoms. The van der Waals surface area contributed by atoms with Gasteiger partial charge in [0.2, 0.25) is 0 Å². The first-order valence-corrected chi connectivity index (χ1v) is 16.1. The Morgan fingerprint density at radius 2 is 1.04 bits per heavy atom. The van der Waals surface area contributed by atoms with Gasteiger partial charge in [-0.2, -0.15) is 0 Å². The lowest BCUT2D eigenvalue weighted by Gasteiger charge is -2.14. The highest BCUT2D eigenvalue weighted by Crippen LogP contribution is 2.43. The van der Waals surface area contributed by atoms with Gasteiger partial charge in [-0.3, -0.25) is 0 Å². The molecule has 0 spiro atoms. The van der Waals surface area contributed by atoms with Crippen LogP contribution in [-0.2, 0) is 0 Å². The molecule has 0 fully saturated rings. The first-order chi connectivity index (χ1) is 22.3. The average Bonchev–Trinajstić information content (AvgIpc) is 3.48. The lowest BCUT2D eigenvalue weighted by molar-refractivity contribution is 1.23. The molecule has 3 heteroatoms. The maximum atomic E-state index is 5.30. The molecule has 0 N–H and O–H groups in total. The molecule has 0 aliphatic heterocycles. The molecular weight excluding hydrogens is 565 g/mol. The smallest absolute Gasteiger partial charge is 0.160 e. The van der Waals surface area contributed by atoms with Crippen molar-refractivity contribution in [3.05, 3.63) is 146 Å². The van der Waals surface area contributed by atoms with E-state index >= 15 is 0 Å². The van der Waals surface area contributed by atoms with Crippen molar-refractivity contribution in [3.63, 3.8) is 0 Å². The van der Waals surface area contributed by atoms with E-state index in [1.165, 1.54) is 63.3 Å². The largest absolute Gasteiger partial charge is 0.228 e. The molecule has 10 rings (SSSR count). The quantitative estimate of drug-likeness (QED) is 0.188. The van der Waals surface area contributed by atoms with E-state index in [0.717, 1.165) is 33.5 Å². The van der Waals surface area contributed by atoms with E-state index in [9.17, 15) is 0 Å². The highest BCUT2D eigenvalue weighted by molar-refractivity contribution is 7.25. The zero-order chi connectivity index (χ0) is 29.5. The Kier molecular flexibility index (Phi) is 5.19. The molecule has 2 nitrogen and oxygen atoms in total. The molecule has 0 saturated carbocycles. The van der Waals surface area contributed by atoms with E-state index in [4.69, 9.17) is 9.97 Å². The number of rotatable bonds is 2. The summed E-state index contributed by atoms with van der Waals surface area (Å²) in [5.41, 5.74) is 4.02. The van der Waals surface area contributed by atoms with Crippen molar-refractivity contribution in [2.45, 2.75) is 0 Å². The Labute approximate surface area is 262 Å². The van der Waals surface area contributed by atoms with Gasteiger partial charge in [-0.25, -0.2) is 9.97 Å². The molecule has 10 aromatic rings. The summed E-state index contributed by atoms with van der Waals surface area (Å²) in [5, 5.41) is 13.7. The summed E-state index contributed by atoms with van der Waals surface area (Å²) < 4.78 is 2.66. The predicted molar refractivity (Wildman–Crippen MR) is 193 cm³/mol. The third kappa shape index (κ3) is 3.68. The van der Waals surface area contributed by atoms with Gasteiger partial charge >= 0.3 is 0 Å². The Hall–Kier alpha value is -5.64. The van der Waals surface area contributed by atoms with Crippen molar-refractivity contribution in [1.29, 1.82) is 0 Å². The van der Waals surface area contributed by atoms with E-state index in [2.05, 4.69) is 146 Å². The number of nitrogens with zero attached hydrogens (tertiary/aromatic N) is 2. The molecule has 2 heterocycles. The molecule has 0 aliphatic rings. The van der Waals surface area contributed by atoms with E-state index < -0.39 is 0 Å². The highest BCUT2D eigenvalue weighted by atomic mass is 32.1. The van der Waals surface area contributed by atoms with Gasteiger partial charge in [0, 0.05) is 36.7 Å². The van der Waals surface area contributed by atoms with Crippen LogP contribution in [0, 0.1) is 0 Å². The molecule has 45 heavy (non-hydrogen) atoms. The molecule has 0 radical (unpaired) electrons. The van der Waals surface area contributed by atoms with Crippen molar-refractivity contribution in [1.82, 2.24) is 9.97 Å². The zero-order valence-electron chi connectivity index (χ0n) is 24.2. The summed E-state index contributed by atoms with van der Waals surface area (Å²) in [4.78, 5) is 10.5. The van der Waals surface area contributed by atoms with Crippen LogP contribution < -0.4 is 0 Å². The van der Waals surface area contributed by atoms with Crippen LogP contribution in [0.25, 0.3) is 96.8 Å². The summed E-state index contributed by atoms with van der Waals surface area (Å²) in [5.74, 6) is 0.738. The molecule has 0 amide bonds. The molecule has 0 atom stereocenters. The molecule has 208 valence electrons. The third-order valence-electron chi connectivity index (χ3n) is 9.23. The first kappa shape index (κ1) is 24.8. The average molecular weight is 589 g/mol. The maximum absolute atomic E-state index is 5.30. The summed E-state index contributed by atoms with van der Waals surface area (Å²) in [6, 6.07) is 52.4.